The molecule has 1 aromatic heterocycles. The summed E-state index contributed by atoms with van der Waals surface area (Å²) in [4.78, 5) is 26.5. The van der Waals surface area contributed by atoms with Gasteiger partial charge in [-0.2, -0.15) is 0 Å². The van der Waals surface area contributed by atoms with Crippen LogP contribution in [0.5, 0.6) is 0 Å². The molecule has 1 amide bonds. The summed E-state index contributed by atoms with van der Waals surface area (Å²) in [5.74, 6) is -1.47. The Morgan fingerprint density at radius 2 is 2.10 bits per heavy atom. The predicted molar refractivity (Wildman–Crippen MR) is 80.3 cm³/mol. The maximum absolute atomic E-state index is 11.7. The van der Waals surface area contributed by atoms with E-state index >= 15 is 0 Å². The Bertz CT molecular complexity index is 699. The standard InChI is InChI=1S/C15H11ClN2O3/c16-13-8-11(4-5-12(13)15(20)21)18-14(19)6-3-10-2-1-7-17-9-10/h1-9H,(H,18,19)(H,20,21). The fraction of sp³-hybridized carbons (Fsp3) is 0. The van der Waals surface area contributed by atoms with Gasteiger partial charge in [0.05, 0.1) is 10.6 Å². The van der Waals surface area contributed by atoms with Gasteiger partial charge < -0.3 is 10.4 Å². The second-order valence-electron chi connectivity index (χ2n) is 4.11. The first-order valence-corrected chi connectivity index (χ1v) is 6.36. The Morgan fingerprint density at radius 1 is 1.29 bits per heavy atom. The molecule has 106 valence electrons. The zero-order valence-electron chi connectivity index (χ0n) is 10.8. The number of anilines is 1. The number of nitrogens with zero attached hydrogens (tertiary/aromatic N) is 1. The summed E-state index contributed by atoms with van der Waals surface area (Å²) in [6.45, 7) is 0. The number of benzene rings is 1. The topological polar surface area (TPSA) is 79.3 Å². The third-order valence-electron chi connectivity index (χ3n) is 2.58. The largest absolute Gasteiger partial charge is 0.478 e. The van der Waals surface area contributed by atoms with Gasteiger partial charge in [-0.15, -0.1) is 0 Å². The molecule has 0 saturated carbocycles. The second kappa shape index (κ2) is 6.67. The van der Waals surface area contributed by atoms with Gasteiger partial charge in [-0.1, -0.05) is 17.7 Å². The van der Waals surface area contributed by atoms with E-state index in [9.17, 15) is 9.59 Å². The Balaban J connectivity index is 2.05. The lowest BCUT2D eigenvalue weighted by molar-refractivity contribution is -0.111. The van der Waals surface area contributed by atoms with E-state index in [4.69, 9.17) is 16.7 Å². The minimum Gasteiger partial charge on any atom is -0.478 e. The number of amides is 1. The van der Waals surface area contributed by atoms with Crippen molar-refractivity contribution in [3.05, 3.63) is 65.0 Å². The fourth-order valence-electron chi connectivity index (χ4n) is 1.60. The van der Waals surface area contributed by atoms with E-state index in [-0.39, 0.29) is 16.5 Å². The van der Waals surface area contributed by atoms with E-state index < -0.39 is 5.97 Å². The summed E-state index contributed by atoms with van der Waals surface area (Å²) < 4.78 is 0. The highest BCUT2D eigenvalue weighted by Gasteiger charge is 2.09. The molecule has 1 aromatic carbocycles. The van der Waals surface area contributed by atoms with Gasteiger partial charge in [0, 0.05) is 24.2 Å². The molecule has 0 saturated heterocycles. The van der Waals surface area contributed by atoms with Crippen molar-refractivity contribution in [1.29, 1.82) is 0 Å². The molecule has 2 rings (SSSR count). The molecule has 6 heteroatoms. The van der Waals surface area contributed by atoms with Crippen LogP contribution in [0.3, 0.4) is 0 Å². The lowest BCUT2D eigenvalue weighted by atomic mass is 10.2. The minimum atomic E-state index is -1.12. The maximum atomic E-state index is 11.7. The van der Waals surface area contributed by atoms with Gasteiger partial charge in [-0.05, 0) is 35.9 Å². The van der Waals surface area contributed by atoms with E-state index in [0.717, 1.165) is 5.56 Å². The van der Waals surface area contributed by atoms with Crippen LogP contribution < -0.4 is 5.32 Å². The summed E-state index contributed by atoms with van der Waals surface area (Å²) in [6, 6.07) is 7.79. The Kier molecular flexibility index (Phi) is 4.68. The number of carbonyl (C=O) groups is 2. The summed E-state index contributed by atoms with van der Waals surface area (Å²) in [6.07, 6.45) is 6.25. The quantitative estimate of drug-likeness (QED) is 0.851. The van der Waals surface area contributed by atoms with Crippen LogP contribution in [-0.2, 0) is 4.79 Å². The number of nitrogens with one attached hydrogen (secondary N) is 1. The molecule has 2 N–H and O–H groups in total. The van der Waals surface area contributed by atoms with Gasteiger partial charge >= 0.3 is 5.97 Å². The summed E-state index contributed by atoms with van der Waals surface area (Å²) in [5, 5.41) is 11.5. The third-order valence-corrected chi connectivity index (χ3v) is 2.89. The SMILES string of the molecule is O=C(C=Cc1cccnc1)Nc1ccc(C(=O)O)c(Cl)c1. The van der Waals surface area contributed by atoms with Crippen molar-refractivity contribution in [2.45, 2.75) is 0 Å². The van der Waals surface area contributed by atoms with Gasteiger partial charge in [-0.3, -0.25) is 9.78 Å². The first-order valence-electron chi connectivity index (χ1n) is 5.98. The van der Waals surface area contributed by atoms with Gasteiger partial charge in [0.2, 0.25) is 5.91 Å². The van der Waals surface area contributed by atoms with Crippen molar-refractivity contribution in [2.24, 2.45) is 0 Å². The third kappa shape index (κ3) is 4.15. The van der Waals surface area contributed by atoms with Crippen LogP contribution in [0.15, 0.2) is 48.8 Å². The van der Waals surface area contributed by atoms with Crippen LogP contribution in [0.2, 0.25) is 5.02 Å². The number of halogens is 1. The van der Waals surface area contributed by atoms with Crippen molar-refractivity contribution < 1.29 is 14.7 Å². The van der Waals surface area contributed by atoms with Crippen molar-refractivity contribution in [2.75, 3.05) is 5.32 Å². The van der Waals surface area contributed by atoms with Gasteiger partial charge in [0.1, 0.15) is 0 Å². The van der Waals surface area contributed by atoms with E-state index in [0.29, 0.717) is 5.69 Å². The molecule has 0 unspecified atom stereocenters. The molecule has 0 aliphatic carbocycles. The molecule has 1 heterocycles. The molecule has 5 nitrogen and oxygen atoms in total. The van der Waals surface area contributed by atoms with Crippen molar-refractivity contribution in [3.8, 4) is 0 Å². The van der Waals surface area contributed by atoms with E-state index in [1.807, 2.05) is 6.07 Å². The van der Waals surface area contributed by atoms with Crippen LogP contribution in [0.1, 0.15) is 15.9 Å². The number of aromatic carboxylic acids is 1. The minimum absolute atomic E-state index is 0.0134. The lowest BCUT2D eigenvalue weighted by Crippen LogP contribution is -2.08. The van der Waals surface area contributed by atoms with Crippen LogP contribution in [0, 0.1) is 0 Å². The number of aromatic nitrogens is 1. The monoisotopic (exact) mass is 302 g/mol. The molecular weight excluding hydrogens is 292 g/mol. The van der Waals surface area contributed by atoms with Crippen LogP contribution in [0.25, 0.3) is 6.08 Å². The summed E-state index contributed by atoms with van der Waals surface area (Å²) in [7, 11) is 0. The van der Waals surface area contributed by atoms with Gasteiger partial charge in [-0.25, -0.2) is 4.79 Å². The number of rotatable bonds is 4. The normalized spacial score (nSPS) is 10.5. The van der Waals surface area contributed by atoms with E-state index in [2.05, 4.69) is 10.3 Å². The number of hydrogen-bond donors (Lipinski definition) is 2. The average molecular weight is 303 g/mol. The molecule has 0 aliphatic rings. The first-order chi connectivity index (χ1) is 10.1. The van der Waals surface area contributed by atoms with Gasteiger partial charge in [0.25, 0.3) is 0 Å². The maximum Gasteiger partial charge on any atom is 0.337 e. The second-order valence-corrected chi connectivity index (χ2v) is 4.52. The fourth-order valence-corrected chi connectivity index (χ4v) is 1.86. The molecule has 0 radical (unpaired) electrons. The molecule has 0 fully saturated rings. The Labute approximate surface area is 125 Å². The van der Waals surface area contributed by atoms with Crippen molar-refractivity contribution in [1.82, 2.24) is 4.98 Å². The molecule has 0 atom stereocenters. The molecule has 21 heavy (non-hydrogen) atoms. The van der Waals surface area contributed by atoms with Crippen LogP contribution in [-0.4, -0.2) is 22.0 Å². The molecule has 0 aliphatic heterocycles. The number of pyridine rings is 1. The van der Waals surface area contributed by atoms with Crippen molar-refractivity contribution in [3.63, 3.8) is 0 Å². The van der Waals surface area contributed by atoms with Crippen LogP contribution >= 0.6 is 11.6 Å². The van der Waals surface area contributed by atoms with E-state index in [1.165, 1.54) is 24.3 Å². The highest BCUT2D eigenvalue weighted by molar-refractivity contribution is 6.33. The Morgan fingerprint density at radius 3 is 2.71 bits per heavy atom. The highest BCUT2D eigenvalue weighted by atomic mass is 35.5. The molecule has 0 spiro atoms. The predicted octanol–water partition coefficient (Wildman–Crippen LogP) is 3.09. The zero-order chi connectivity index (χ0) is 15.2. The molecular formula is C15H11ClN2O3. The highest BCUT2D eigenvalue weighted by Crippen LogP contribution is 2.21. The molecule has 0 bridgehead atoms. The zero-order valence-corrected chi connectivity index (χ0v) is 11.5. The van der Waals surface area contributed by atoms with Gasteiger partial charge in [0.15, 0.2) is 0 Å². The Hall–Kier alpha value is -2.66. The smallest absolute Gasteiger partial charge is 0.337 e. The number of carboxylic acid groups (broad SMARTS) is 1. The van der Waals surface area contributed by atoms with E-state index in [1.54, 1.807) is 24.5 Å². The summed E-state index contributed by atoms with van der Waals surface area (Å²) >= 11 is 5.82. The average Bonchev–Trinajstić information content (AvgIpc) is 2.46. The number of carboxylic acids is 1. The number of hydrogen-bond acceptors (Lipinski definition) is 3. The van der Waals surface area contributed by atoms with Crippen LogP contribution in [0.4, 0.5) is 5.69 Å². The molecule has 2 aromatic rings. The summed E-state index contributed by atoms with van der Waals surface area (Å²) in [5.41, 5.74) is 1.21. The lowest BCUT2D eigenvalue weighted by Gasteiger charge is -2.04. The number of carbonyl (C=O) groups excluding carboxylic acids is 1. The first kappa shape index (κ1) is 14.7. The van der Waals surface area contributed by atoms with Crippen molar-refractivity contribution >= 4 is 35.2 Å².